The van der Waals surface area contributed by atoms with Gasteiger partial charge in [0.05, 0.1) is 18.8 Å². The Balaban J connectivity index is 2.02. The van der Waals surface area contributed by atoms with Crippen molar-refractivity contribution in [2.75, 3.05) is 13.2 Å². The van der Waals surface area contributed by atoms with Crippen LogP contribution in [0.4, 0.5) is 0 Å². The monoisotopic (exact) mass is 278 g/mol. The van der Waals surface area contributed by atoms with Crippen molar-refractivity contribution in [3.63, 3.8) is 0 Å². The molecule has 1 heterocycles. The molecule has 3 unspecified atom stereocenters. The van der Waals surface area contributed by atoms with E-state index < -0.39 is 6.10 Å². The van der Waals surface area contributed by atoms with Crippen molar-refractivity contribution in [2.24, 2.45) is 0 Å². The number of fused-ring (bicyclic) bond motifs is 1. The predicted octanol–water partition coefficient (Wildman–Crippen LogP) is 3.51. The topological polar surface area (TPSA) is 38.7 Å². The van der Waals surface area contributed by atoms with E-state index in [2.05, 4.69) is 13.0 Å². The molecule has 1 aromatic carbocycles. The Bertz CT molecular complexity index is 399. The molecule has 112 valence electrons. The Morgan fingerprint density at radius 1 is 1.35 bits per heavy atom. The molecule has 1 aliphatic heterocycles. The normalized spacial score (nSPS) is 20.9. The molecule has 1 aliphatic rings. The van der Waals surface area contributed by atoms with Crippen LogP contribution < -0.4 is 4.74 Å². The maximum atomic E-state index is 10.5. The van der Waals surface area contributed by atoms with Crippen molar-refractivity contribution >= 4 is 0 Å². The number of aliphatic hydroxyl groups excluding tert-OH is 1. The summed E-state index contributed by atoms with van der Waals surface area (Å²) in [6, 6.07) is 8.16. The molecule has 0 radical (unpaired) electrons. The molecular formula is C17H26O3. The van der Waals surface area contributed by atoms with Gasteiger partial charge in [-0.2, -0.15) is 0 Å². The Kier molecular flexibility index (Phi) is 5.86. The first-order valence-electron chi connectivity index (χ1n) is 7.77. The van der Waals surface area contributed by atoms with Crippen LogP contribution >= 0.6 is 0 Å². The molecular weight excluding hydrogens is 252 g/mol. The summed E-state index contributed by atoms with van der Waals surface area (Å²) < 4.78 is 11.4. The van der Waals surface area contributed by atoms with E-state index in [1.807, 2.05) is 25.1 Å². The van der Waals surface area contributed by atoms with Crippen molar-refractivity contribution in [1.29, 1.82) is 0 Å². The molecule has 3 nitrogen and oxygen atoms in total. The largest absolute Gasteiger partial charge is 0.493 e. The fourth-order valence-electron chi connectivity index (χ4n) is 2.99. The van der Waals surface area contributed by atoms with Crippen LogP contribution in [0.3, 0.4) is 0 Å². The quantitative estimate of drug-likeness (QED) is 0.829. The average molecular weight is 278 g/mol. The van der Waals surface area contributed by atoms with Crippen molar-refractivity contribution in [3.8, 4) is 5.75 Å². The van der Waals surface area contributed by atoms with Crippen LogP contribution in [-0.4, -0.2) is 30.5 Å². The number of rotatable bonds is 7. The number of hydrogen-bond acceptors (Lipinski definition) is 3. The van der Waals surface area contributed by atoms with E-state index in [1.165, 1.54) is 5.56 Å². The van der Waals surface area contributed by atoms with Gasteiger partial charge in [0.2, 0.25) is 0 Å². The first-order chi connectivity index (χ1) is 9.76. The van der Waals surface area contributed by atoms with Crippen LogP contribution in [0.25, 0.3) is 0 Å². The predicted molar refractivity (Wildman–Crippen MR) is 80.2 cm³/mol. The fraction of sp³-hybridized carbons (Fsp3) is 0.647. The summed E-state index contributed by atoms with van der Waals surface area (Å²) in [4.78, 5) is 0. The van der Waals surface area contributed by atoms with E-state index in [1.54, 1.807) is 0 Å². The van der Waals surface area contributed by atoms with Crippen LogP contribution in [0.5, 0.6) is 5.75 Å². The summed E-state index contributed by atoms with van der Waals surface area (Å²) >= 11 is 0. The van der Waals surface area contributed by atoms with Gasteiger partial charge in [-0.15, -0.1) is 0 Å². The summed E-state index contributed by atoms with van der Waals surface area (Å²) in [5, 5.41) is 10.5. The third kappa shape index (κ3) is 3.74. The molecule has 1 N–H and O–H groups in total. The van der Waals surface area contributed by atoms with Crippen molar-refractivity contribution in [2.45, 2.75) is 57.7 Å². The second kappa shape index (κ2) is 7.65. The molecule has 0 bridgehead atoms. The molecule has 20 heavy (non-hydrogen) atoms. The molecule has 3 heteroatoms. The number of para-hydroxylation sites is 1. The van der Waals surface area contributed by atoms with Gasteiger partial charge in [0.15, 0.2) is 0 Å². The molecule has 2 rings (SSSR count). The van der Waals surface area contributed by atoms with E-state index in [4.69, 9.17) is 9.47 Å². The van der Waals surface area contributed by atoms with Gasteiger partial charge >= 0.3 is 0 Å². The molecule has 0 fully saturated rings. The number of ether oxygens (including phenoxy) is 2. The van der Waals surface area contributed by atoms with E-state index in [0.717, 1.165) is 38.0 Å². The first kappa shape index (κ1) is 15.3. The van der Waals surface area contributed by atoms with E-state index in [-0.39, 0.29) is 6.10 Å². The van der Waals surface area contributed by atoms with E-state index in [9.17, 15) is 5.11 Å². The third-order valence-electron chi connectivity index (χ3n) is 3.99. The lowest BCUT2D eigenvalue weighted by atomic mass is 9.86. The van der Waals surface area contributed by atoms with Gasteiger partial charge in [-0.1, -0.05) is 31.5 Å². The number of benzene rings is 1. The van der Waals surface area contributed by atoms with Gasteiger partial charge < -0.3 is 14.6 Å². The Morgan fingerprint density at radius 2 is 2.15 bits per heavy atom. The summed E-state index contributed by atoms with van der Waals surface area (Å²) in [7, 11) is 0. The lowest BCUT2D eigenvalue weighted by molar-refractivity contribution is -0.0437. The summed E-state index contributed by atoms with van der Waals surface area (Å²) in [5.74, 6) is 1.34. The molecule has 0 aromatic heterocycles. The second-order valence-electron chi connectivity index (χ2n) is 5.46. The van der Waals surface area contributed by atoms with E-state index >= 15 is 0 Å². The van der Waals surface area contributed by atoms with Gasteiger partial charge in [-0.3, -0.25) is 0 Å². The minimum Gasteiger partial charge on any atom is -0.493 e. The highest BCUT2D eigenvalue weighted by atomic mass is 16.5. The van der Waals surface area contributed by atoms with Crippen LogP contribution in [0.2, 0.25) is 0 Å². The van der Waals surface area contributed by atoms with Gasteiger partial charge in [0.25, 0.3) is 0 Å². The van der Waals surface area contributed by atoms with E-state index in [0.29, 0.717) is 12.5 Å². The van der Waals surface area contributed by atoms with Crippen LogP contribution in [0, 0.1) is 0 Å². The number of hydrogen-bond donors (Lipinski definition) is 1. The highest BCUT2D eigenvalue weighted by molar-refractivity contribution is 5.37. The van der Waals surface area contributed by atoms with Gasteiger partial charge in [-0.05, 0) is 43.7 Å². The SMILES string of the molecule is CCCC(OCC)C(O)CC1CCOc2ccccc21. The van der Waals surface area contributed by atoms with Gasteiger partial charge in [0, 0.05) is 6.61 Å². The summed E-state index contributed by atoms with van der Waals surface area (Å²) in [6.07, 6.45) is 3.24. The average Bonchev–Trinajstić information content (AvgIpc) is 2.47. The maximum Gasteiger partial charge on any atom is 0.122 e. The van der Waals surface area contributed by atoms with Crippen molar-refractivity contribution < 1.29 is 14.6 Å². The van der Waals surface area contributed by atoms with Crippen LogP contribution in [-0.2, 0) is 4.74 Å². The summed E-state index contributed by atoms with van der Waals surface area (Å²) in [6.45, 7) is 5.51. The molecule has 0 saturated heterocycles. The van der Waals surface area contributed by atoms with Crippen LogP contribution in [0.15, 0.2) is 24.3 Å². The smallest absolute Gasteiger partial charge is 0.122 e. The molecule has 0 amide bonds. The molecule has 0 aliphatic carbocycles. The zero-order valence-corrected chi connectivity index (χ0v) is 12.5. The first-order valence-corrected chi connectivity index (χ1v) is 7.77. The van der Waals surface area contributed by atoms with Crippen LogP contribution in [0.1, 0.15) is 51.0 Å². The highest BCUT2D eigenvalue weighted by Gasteiger charge is 2.27. The van der Waals surface area contributed by atoms with Gasteiger partial charge in [0.1, 0.15) is 5.75 Å². The third-order valence-corrected chi connectivity index (χ3v) is 3.99. The Hall–Kier alpha value is -1.06. The minimum absolute atomic E-state index is 0.0417. The molecule has 0 spiro atoms. The summed E-state index contributed by atoms with van der Waals surface area (Å²) in [5.41, 5.74) is 1.23. The van der Waals surface area contributed by atoms with Crippen molar-refractivity contribution in [1.82, 2.24) is 0 Å². The lowest BCUT2D eigenvalue weighted by Crippen LogP contribution is -2.31. The number of aliphatic hydroxyl groups is 1. The standard InChI is InChI=1S/C17H26O3/c1-3-7-17(19-4-2)15(18)12-13-10-11-20-16-9-6-5-8-14(13)16/h5-6,8-9,13,15,17-18H,3-4,7,10-12H2,1-2H3. The molecule has 0 saturated carbocycles. The van der Waals surface area contributed by atoms with Crippen molar-refractivity contribution in [3.05, 3.63) is 29.8 Å². The zero-order valence-electron chi connectivity index (χ0n) is 12.5. The minimum atomic E-state index is -0.397. The zero-order chi connectivity index (χ0) is 14.4. The Labute approximate surface area is 121 Å². The maximum absolute atomic E-state index is 10.5. The Morgan fingerprint density at radius 3 is 2.90 bits per heavy atom. The lowest BCUT2D eigenvalue weighted by Gasteiger charge is -2.30. The molecule has 3 atom stereocenters. The highest BCUT2D eigenvalue weighted by Crippen LogP contribution is 2.36. The fourth-order valence-corrected chi connectivity index (χ4v) is 2.99. The molecule has 1 aromatic rings. The second-order valence-corrected chi connectivity index (χ2v) is 5.46. The van der Waals surface area contributed by atoms with Gasteiger partial charge in [-0.25, -0.2) is 0 Å².